The molecule has 0 atom stereocenters. The topological polar surface area (TPSA) is 0 Å². The second kappa shape index (κ2) is 2.56. The zero-order chi connectivity index (χ0) is 8.67. The van der Waals surface area contributed by atoms with Gasteiger partial charge < -0.3 is 0 Å². The second-order valence-corrected chi connectivity index (χ2v) is 3.49. The van der Waals surface area contributed by atoms with E-state index in [1.807, 2.05) is 0 Å². The van der Waals surface area contributed by atoms with E-state index in [1.54, 1.807) is 0 Å². The van der Waals surface area contributed by atoms with Crippen molar-refractivity contribution in [2.24, 2.45) is 0 Å². The number of hydrogen-bond donors (Lipinski definition) is 0. The molecule has 0 saturated carbocycles. The molecule has 0 aliphatic heterocycles. The fraction of sp³-hybridized carbons (Fsp3) is 0.0833. The SMILES string of the molecule is b1cccc2c1Cc1ccccc1-2. The first-order valence-corrected chi connectivity index (χ1v) is 4.61. The summed E-state index contributed by atoms with van der Waals surface area (Å²) in [5, 5.41) is 0. The standard InChI is InChI=1S/C12H9B/c1-2-5-10-9(4-1)8-12-11(10)6-3-7-13-12/h1-7H,8H2. The zero-order valence-corrected chi connectivity index (χ0v) is 7.33. The van der Waals surface area contributed by atoms with E-state index in [0.717, 1.165) is 6.42 Å². The number of hydrogen-bond acceptors (Lipinski definition) is 0. The van der Waals surface area contributed by atoms with Crippen molar-refractivity contribution in [1.29, 1.82) is 0 Å². The third-order valence-corrected chi connectivity index (χ3v) is 2.71. The molecule has 0 bridgehead atoms. The van der Waals surface area contributed by atoms with Crippen LogP contribution >= 0.6 is 0 Å². The molecule has 1 aromatic heterocycles. The van der Waals surface area contributed by atoms with E-state index in [4.69, 9.17) is 0 Å². The molecule has 1 aliphatic rings. The van der Waals surface area contributed by atoms with Crippen molar-refractivity contribution < 1.29 is 0 Å². The van der Waals surface area contributed by atoms with Crippen molar-refractivity contribution in [3.05, 3.63) is 53.4 Å². The molecule has 2 aromatic rings. The van der Waals surface area contributed by atoms with Gasteiger partial charge in [-0.3, -0.25) is 0 Å². The maximum absolute atomic E-state index is 2.22. The molecule has 1 aliphatic carbocycles. The molecule has 1 aromatic carbocycles. The molecule has 3 rings (SSSR count). The van der Waals surface area contributed by atoms with E-state index in [9.17, 15) is 0 Å². The molecule has 0 nitrogen and oxygen atoms in total. The summed E-state index contributed by atoms with van der Waals surface area (Å²) >= 11 is 0. The van der Waals surface area contributed by atoms with Crippen LogP contribution in [0.2, 0.25) is 0 Å². The van der Waals surface area contributed by atoms with Gasteiger partial charge in [0.2, 0.25) is 0 Å². The molecule has 0 fully saturated rings. The Morgan fingerprint density at radius 2 is 1.77 bits per heavy atom. The first kappa shape index (κ1) is 7.08. The molecule has 0 amide bonds. The Bertz CT molecular complexity index is 417. The first-order chi connectivity index (χ1) is 6.45. The third-order valence-electron chi connectivity index (χ3n) is 2.71. The van der Waals surface area contributed by atoms with Crippen LogP contribution in [0.3, 0.4) is 0 Å². The van der Waals surface area contributed by atoms with Gasteiger partial charge in [0.05, 0.1) is 0 Å². The summed E-state index contributed by atoms with van der Waals surface area (Å²) in [4.78, 5) is 0. The molecule has 0 N–H and O–H groups in total. The summed E-state index contributed by atoms with van der Waals surface area (Å²) in [7, 11) is 0. The number of rotatable bonds is 0. The molecule has 0 saturated heterocycles. The van der Waals surface area contributed by atoms with E-state index in [-0.39, 0.29) is 0 Å². The minimum atomic E-state index is 1.10. The van der Waals surface area contributed by atoms with E-state index >= 15 is 0 Å². The maximum atomic E-state index is 2.22. The average Bonchev–Trinajstić information content (AvgIpc) is 2.56. The van der Waals surface area contributed by atoms with Crippen LogP contribution in [0.5, 0.6) is 0 Å². The van der Waals surface area contributed by atoms with Crippen molar-refractivity contribution in [2.75, 3.05) is 0 Å². The van der Waals surface area contributed by atoms with E-state index < -0.39 is 0 Å². The Hall–Kier alpha value is -1.37. The molecule has 0 radical (unpaired) electrons. The Labute approximate surface area is 78.4 Å². The van der Waals surface area contributed by atoms with E-state index in [1.165, 1.54) is 22.1 Å². The Kier molecular flexibility index (Phi) is 1.39. The van der Waals surface area contributed by atoms with Crippen LogP contribution in [-0.4, -0.2) is 6.91 Å². The summed E-state index contributed by atoms with van der Waals surface area (Å²) in [6.07, 6.45) is 1.10. The van der Waals surface area contributed by atoms with Crippen LogP contribution in [0.15, 0.2) is 42.4 Å². The second-order valence-electron chi connectivity index (χ2n) is 3.49. The summed E-state index contributed by atoms with van der Waals surface area (Å²) < 4.78 is 0. The van der Waals surface area contributed by atoms with E-state index in [2.05, 4.69) is 49.3 Å². The molecule has 60 valence electrons. The van der Waals surface area contributed by atoms with Crippen molar-refractivity contribution in [3.63, 3.8) is 0 Å². The van der Waals surface area contributed by atoms with Gasteiger partial charge in [0.25, 0.3) is 0 Å². The molecular weight excluding hydrogens is 155 g/mol. The van der Waals surface area contributed by atoms with Crippen molar-refractivity contribution in [3.8, 4) is 11.1 Å². The molecule has 13 heavy (non-hydrogen) atoms. The van der Waals surface area contributed by atoms with Gasteiger partial charge in [0.1, 0.15) is 0 Å². The Morgan fingerprint density at radius 1 is 0.923 bits per heavy atom. The molecule has 0 spiro atoms. The molecule has 1 heterocycles. The summed E-state index contributed by atoms with van der Waals surface area (Å²) in [6.45, 7) is 2.22. The van der Waals surface area contributed by atoms with Gasteiger partial charge in [-0.2, -0.15) is 0 Å². The molecular formula is C12H9B. The van der Waals surface area contributed by atoms with Gasteiger partial charge in [-0.05, 0) is 0 Å². The summed E-state index contributed by atoms with van der Waals surface area (Å²) in [6, 6.07) is 13.0. The zero-order valence-electron chi connectivity index (χ0n) is 7.33. The van der Waals surface area contributed by atoms with Crippen LogP contribution in [-0.2, 0) is 6.42 Å². The minimum absolute atomic E-state index is 1.10. The van der Waals surface area contributed by atoms with Crippen molar-refractivity contribution in [1.82, 2.24) is 0 Å². The van der Waals surface area contributed by atoms with Crippen molar-refractivity contribution >= 4 is 6.91 Å². The van der Waals surface area contributed by atoms with Crippen LogP contribution in [0.4, 0.5) is 0 Å². The fourth-order valence-electron chi connectivity index (χ4n) is 2.08. The van der Waals surface area contributed by atoms with Gasteiger partial charge in [-0.1, -0.05) is 0 Å². The Morgan fingerprint density at radius 3 is 2.77 bits per heavy atom. The van der Waals surface area contributed by atoms with Crippen LogP contribution in [0.25, 0.3) is 11.1 Å². The van der Waals surface area contributed by atoms with Crippen molar-refractivity contribution in [2.45, 2.75) is 6.42 Å². The van der Waals surface area contributed by atoms with E-state index in [0.29, 0.717) is 0 Å². The molecule has 1 heteroatoms. The fourth-order valence-corrected chi connectivity index (χ4v) is 2.08. The van der Waals surface area contributed by atoms with Crippen LogP contribution in [0, 0.1) is 0 Å². The van der Waals surface area contributed by atoms with Gasteiger partial charge in [-0.25, -0.2) is 0 Å². The predicted octanol–water partition coefficient (Wildman–Crippen LogP) is 2.60. The summed E-state index contributed by atoms with van der Waals surface area (Å²) in [5.41, 5.74) is 5.75. The van der Waals surface area contributed by atoms with Gasteiger partial charge >= 0.3 is 77.8 Å². The predicted molar refractivity (Wildman–Crippen MR) is 56.0 cm³/mol. The van der Waals surface area contributed by atoms with Crippen LogP contribution in [0.1, 0.15) is 11.0 Å². The number of fused-ring (bicyclic) bond motifs is 3. The van der Waals surface area contributed by atoms with Gasteiger partial charge in [0, 0.05) is 0 Å². The van der Waals surface area contributed by atoms with Gasteiger partial charge in [0.15, 0.2) is 0 Å². The first-order valence-electron chi connectivity index (χ1n) is 4.61. The quantitative estimate of drug-likeness (QED) is 0.479. The molecule has 0 unspecified atom stereocenters. The van der Waals surface area contributed by atoms with Gasteiger partial charge in [-0.15, -0.1) is 0 Å². The monoisotopic (exact) mass is 164 g/mol. The average molecular weight is 164 g/mol. The third kappa shape index (κ3) is 0.967. The van der Waals surface area contributed by atoms with Crippen LogP contribution < -0.4 is 0 Å². The normalized spacial score (nSPS) is 12.0. The summed E-state index contributed by atoms with van der Waals surface area (Å²) in [5.74, 6) is 2.12. The Balaban J connectivity index is 2.32. The number of benzene rings is 1.